The van der Waals surface area contributed by atoms with Crippen molar-refractivity contribution in [1.29, 1.82) is 0 Å². The van der Waals surface area contributed by atoms with E-state index in [1.165, 1.54) is 0 Å². The fraction of sp³-hybridized carbons (Fsp3) is 0.733. The number of aromatic nitrogens is 2. The van der Waals surface area contributed by atoms with Crippen LogP contribution in [0.25, 0.3) is 0 Å². The van der Waals surface area contributed by atoms with Gasteiger partial charge in [0, 0.05) is 26.5 Å². The predicted octanol–water partition coefficient (Wildman–Crippen LogP) is 1.29. The van der Waals surface area contributed by atoms with Gasteiger partial charge < -0.3 is 15.2 Å². The van der Waals surface area contributed by atoms with E-state index < -0.39 is 0 Å². The highest BCUT2D eigenvalue weighted by molar-refractivity contribution is 5.94. The molecule has 2 N–H and O–H groups in total. The lowest BCUT2D eigenvalue weighted by molar-refractivity contribution is 0.0946. The topological polar surface area (TPSA) is 76.4 Å². The highest BCUT2D eigenvalue weighted by atomic mass is 16.5. The maximum Gasteiger partial charge on any atom is 0.254 e. The minimum Gasteiger partial charge on any atom is -0.396 e. The molecule has 1 heterocycles. The third kappa shape index (κ3) is 3.83. The Balaban J connectivity index is 1.90. The lowest BCUT2D eigenvalue weighted by Gasteiger charge is -2.11. The minimum atomic E-state index is -0.0999. The van der Waals surface area contributed by atoms with Crippen LogP contribution in [0.3, 0.4) is 0 Å². The number of aryl methyl sites for hydroxylation is 1. The molecule has 1 aliphatic carbocycles. The zero-order chi connectivity index (χ0) is 15.5. The number of carbonyl (C=O) groups is 1. The van der Waals surface area contributed by atoms with Crippen molar-refractivity contribution in [2.24, 2.45) is 5.41 Å². The Labute approximate surface area is 125 Å². The van der Waals surface area contributed by atoms with E-state index in [2.05, 4.69) is 10.4 Å². The number of hydrogen-bond acceptors (Lipinski definition) is 4. The third-order valence-corrected chi connectivity index (χ3v) is 4.25. The zero-order valence-electron chi connectivity index (χ0n) is 13.1. The van der Waals surface area contributed by atoms with E-state index in [0.29, 0.717) is 18.7 Å². The van der Waals surface area contributed by atoms with Crippen LogP contribution in [0.4, 0.5) is 0 Å². The molecule has 0 saturated heterocycles. The molecule has 6 heteroatoms. The Morgan fingerprint density at radius 1 is 1.62 bits per heavy atom. The van der Waals surface area contributed by atoms with Gasteiger partial charge in [-0.2, -0.15) is 5.10 Å². The average Bonchev–Trinajstić information content (AvgIpc) is 3.13. The number of methoxy groups -OCH3 is 1. The van der Waals surface area contributed by atoms with Gasteiger partial charge in [-0.15, -0.1) is 0 Å². The lowest BCUT2D eigenvalue weighted by atomic mass is 10.0. The second kappa shape index (κ2) is 6.58. The van der Waals surface area contributed by atoms with Crippen molar-refractivity contribution in [2.75, 3.05) is 26.9 Å². The first-order valence-electron chi connectivity index (χ1n) is 7.45. The van der Waals surface area contributed by atoms with E-state index >= 15 is 0 Å². The van der Waals surface area contributed by atoms with Crippen LogP contribution < -0.4 is 5.32 Å². The normalized spacial score (nSPS) is 17.5. The molecular formula is C15H25N3O3. The first kappa shape index (κ1) is 16.0. The van der Waals surface area contributed by atoms with Crippen molar-refractivity contribution in [2.45, 2.75) is 39.2 Å². The summed E-state index contributed by atoms with van der Waals surface area (Å²) in [5, 5.41) is 16.6. The molecule has 0 radical (unpaired) electrons. The van der Waals surface area contributed by atoms with Gasteiger partial charge in [0.25, 0.3) is 5.91 Å². The molecule has 21 heavy (non-hydrogen) atoms. The second-order valence-electron chi connectivity index (χ2n) is 6.08. The summed E-state index contributed by atoms with van der Waals surface area (Å²) in [4.78, 5) is 12.2. The Hall–Kier alpha value is -1.40. The average molecular weight is 295 g/mol. The highest BCUT2D eigenvalue weighted by Gasteiger charge is 2.41. The van der Waals surface area contributed by atoms with Crippen LogP contribution >= 0.6 is 0 Å². The Morgan fingerprint density at radius 2 is 2.33 bits per heavy atom. The van der Waals surface area contributed by atoms with Crippen LogP contribution in [0.15, 0.2) is 6.20 Å². The maximum absolute atomic E-state index is 12.2. The monoisotopic (exact) mass is 295 g/mol. The standard InChI is InChI=1S/C15H25N3O3/c1-11(9-21-3)18-8-13(12(2)17-18)14(20)16-7-6-15(10-19)4-5-15/h8,11,19H,4-7,9-10H2,1-3H3,(H,16,20). The maximum atomic E-state index is 12.2. The summed E-state index contributed by atoms with van der Waals surface area (Å²) in [6, 6.07) is 0.0966. The van der Waals surface area contributed by atoms with Gasteiger partial charge in [0.2, 0.25) is 0 Å². The molecule has 1 fully saturated rings. The largest absolute Gasteiger partial charge is 0.396 e. The van der Waals surface area contributed by atoms with Crippen LogP contribution in [-0.4, -0.2) is 47.7 Å². The second-order valence-corrected chi connectivity index (χ2v) is 6.08. The van der Waals surface area contributed by atoms with E-state index in [1.54, 1.807) is 18.0 Å². The van der Waals surface area contributed by atoms with Crippen LogP contribution in [-0.2, 0) is 4.74 Å². The predicted molar refractivity (Wildman–Crippen MR) is 79.3 cm³/mol. The zero-order valence-corrected chi connectivity index (χ0v) is 13.1. The summed E-state index contributed by atoms with van der Waals surface area (Å²) >= 11 is 0. The summed E-state index contributed by atoms with van der Waals surface area (Å²) < 4.78 is 6.87. The third-order valence-electron chi connectivity index (χ3n) is 4.25. The molecule has 1 atom stereocenters. The molecule has 1 aromatic heterocycles. The fourth-order valence-corrected chi connectivity index (χ4v) is 2.45. The fourth-order valence-electron chi connectivity index (χ4n) is 2.45. The molecule has 6 nitrogen and oxygen atoms in total. The Morgan fingerprint density at radius 3 is 2.90 bits per heavy atom. The van der Waals surface area contributed by atoms with E-state index in [0.717, 1.165) is 25.0 Å². The molecule has 1 aliphatic rings. The SMILES string of the molecule is COCC(C)n1cc(C(=O)NCCC2(CO)CC2)c(C)n1. The van der Waals surface area contributed by atoms with Gasteiger partial charge in [-0.25, -0.2) is 0 Å². The number of ether oxygens (including phenoxy) is 1. The van der Waals surface area contributed by atoms with Crippen molar-refractivity contribution in [1.82, 2.24) is 15.1 Å². The van der Waals surface area contributed by atoms with Gasteiger partial charge in [-0.1, -0.05) is 0 Å². The van der Waals surface area contributed by atoms with E-state index in [-0.39, 0.29) is 24.0 Å². The number of aliphatic hydroxyl groups excluding tert-OH is 1. The first-order chi connectivity index (χ1) is 10.0. The molecule has 1 saturated carbocycles. The molecule has 0 aromatic carbocycles. The number of nitrogens with zero attached hydrogens (tertiary/aromatic N) is 2. The Kier molecular flexibility index (Phi) is 5.00. The molecule has 2 rings (SSSR count). The summed E-state index contributed by atoms with van der Waals surface area (Å²) in [5.41, 5.74) is 1.39. The smallest absolute Gasteiger partial charge is 0.254 e. The van der Waals surface area contributed by atoms with Crippen molar-refractivity contribution in [3.63, 3.8) is 0 Å². The molecule has 0 bridgehead atoms. The molecule has 0 spiro atoms. The highest BCUT2D eigenvalue weighted by Crippen LogP contribution is 2.47. The van der Waals surface area contributed by atoms with Crippen molar-refractivity contribution in [3.8, 4) is 0 Å². The molecular weight excluding hydrogens is 270 g/mol. The van der Waals surface area contributed by atoms with E-state index in [4.69, 9.17) is 4.74 Å². The van der Waals surface area contributed by atoms with Crippen molar-refractivity contribution in [3.05, 3.63) is 17.5 Å². The summed E-state index contributed by atoms with van der Waals surface area (Å²) in [6.45, 7) is 5.20. The molecule has 1 unspecified atom stereocenters. The number of nitrogens with one attached hydrogen (secondary N) is 1. The van der Waals surface area contributed by atoms with Crippen LogP contribution in [0.1, 0.15) is 48.3 Å². The summed E-state index contributed by atoms with van der Waals surface area (Å²) in [5.74, 6) is -0.0999. The quantitative estimate of drug-likeness (QED) is 0.758. The van der Waals surface area contributed by atoms with Gasteiger partial charge >= 0.3 is 0 Å². The molecule has 0 aliphatic heterocycles. The van der Waals surface area contributed by atoms with Crippen molar-refractivity contribution < 1.29 is 14.6 Å². The molecule has 118 valence electrons. The first-order valence-corrected chi connectivity index (χ1v) is 7.45. The lowest BCUT2D eigenvalue weighted by Crippen LogP contribution is -2.27. The van der Waals surface area contributed by atoms with Gasteiger partial charge in [0.1, 0.15) is 0 Å². The van der Waals surface area contributed by atoms with E-state index in [1.807, 2.05) is 13.8 Å². The Bertz CT molecular complexity index is 494. The minimum absolute atomic E-state index is 0.0689. The van der Waals surface area contributed by atoms with Crippen LogP contribution in [0.5, 0.6) is 0 Å². The van der Waals surface area contributed by atoms with Gasteiger partial charge in [-0.3, -0.25) is 9.48 Å². The van der Waals surface area contributed by atoms with Gasteiger partial charge in [0.05, 0.1) is 23.9 Å². The summed E-state index contributed by atoms with van der Waals surface area (Å²) in [7, 11) is 1.65. The van der Waals surface area contributed by atoms with Gasteiger partial charge in [-0.05, 0) is 38.5 Å². The number of hydrogen-bond donors (Lipinski definition) is 2. The van der Waals surface area contributed by atoms with Crippen molar-refractivity contribution >= 4 is 5.91 Å². The number of carbonyl (C=O) groups excluding carboxylic acids is 1. The van der Waals surface area contributed by atoms with Gasteiger partial charge in [0.15, 0.2) is 0 Å². The number of amides is 1. The molecule has 1 aromatic rings. The number of aliphatic hydroxyl groups is 1. The van der Waals surface area contributed by atoms with Crippen LogP contribution in [0.2, 0.25) is 0 Å². The van der Waals surface area contributed by atoms with Crippen LogP contribution in [0, 0.1) is 12.3 Å². The number of rotatable bonds is 8. The summed E-state index contributed by atoms with van der Waals surface area (Å²) in [6.07, 6.45) is 4.73. The van der Waals surface area contributed by atoms with E-state index in [9.17, 15) is 9.90 Å². The molecule has 1 amide bonds.